The third-order valence-electron chi connectivity index (χ3n) is 5.45. The molecule has 0 atom stereocenters. The molecule has 0 radical (unpaired) electrons. The van der Waals surface area contributed by atoms with Gasteiger partial charge in [0.2, 0.25) is 0 Å². The number of aromatic amines is 1. The second kappa shape index (κ2) is 8.47. The van der Waals surface area contributed by atoms with Gasteiger partial charge in [0.1, 0.15) is 11.5 Å². The van der Waals surface area contributed by atoms with Crippen LogP contribution in [0.3, 0.4) is 0 Å². The Hall–Kier alpha value is -2.48. The summed E-state index contributed by atoms with van der Waals surface area (Å²) in [6.45, 7) is 4.49. The average molecular weight is 369 g/mol. The molecule has 2 N–H and O–H groups in total. The first-order valence-corrected chi connectivity index (χ1v) is 9.87. The van der Waals surface area contributed by atoms with Crippen molar-refractivity contribution in [3.05, 3.63) is 36.0 Å². The lowest BCUT2D eigenvalue weighted by molar-refractivity contribution is 0.0786. The van der Waals surface area contributed by atoms with Crippen LogP contribution in [0.1, 0.15) is 41.7 Å². The first kappa shape index (κ1) is 17.9. The molecule has 0 aliphatic carbocycles. The van der Waals surface area contributed by atoms with Crippen molar-refractivity contribution in [1.29, 1.82) is 0 Å². The van der Waals surface area contributed by atoms with E-state index in [4.69, 9.17) is 0 Å². The smallest absolute Gasteiger partial charge is 0.274 e. The van der Waals surface area contributed by atoms with Gasteiger partial charge in [0, 0.05) is 38.4 Å². The average Bonchev–Trinajstić information content (AvgIpc) is 3.42. The number of anilines is 1. The Kier molecular flexibility index (Phi) is 5.62. The van der Waals surface area contributed by atoms with E-state index in [0.717, 1.165) is 70.6 Å². The molecule has 8 nitrogen and oxygen atoms in total. The molecular weight excluding hydrogens is 342 g/mol. The zero-order valence-electron chi connectivity index (χ0n) is 15.6. The highest BCUT2D eigenvalue weighted by molar-refractivity contribution is 5.92. The van der Waals surface area contributed by atoms with Crippen LogP contribution in [0.15, 0.2) is 24.8 Å². The summed E-state index contributed by atoms with van der Waals surface area (Å²) in [5.41, 5.74) is 1.70. The van der Waals surface area contributed by atoms with Gasteiger partial charge in [-0.15, -0.1) is 0 Å². The van der Waals surface area contributed by atoms with E-state index in [-0.39, 0.29) is 5.91 Å². The summed E-state index contributed by atoms with van der Waals surface area (Å²) in [6, 6.07) is 0.524. The Labute approximate surface area is 159 Å². The number of carbonyl (C=O) groups excluding carboxylic acids is 1. The van der Waals surface area contributed by atoms with E-state index in [9.17, 15) is 4.79 Å². The van der Waals surface area contributed by atoms with Crippen LogP contribution in [0.5, 0.6) is 0 Å². The predicted molar refractivity (Wildman–Crippen MR) is 103 cm³/mol. The lowest BCUT2D eigenvalue weighted by Gasteiger charge is -2.33. The minimum atomic E-state index is 0.0117. The zero-order valence-corrected chi connectivity index (χ0v) is 15.6. The normalized spacial score (nSPS) is 18.2. The Morgan fingerprint density at radius 1 is 1.15 bits per heavy atom. The third-order valence-corrected chi connectivity index (χ3v) is 5.45. The fourth-order valence-electron chi connectivity index (χ4n) is 3.84. The summed E-state index contributed by atoms with van der Waals surface area (Å²) in [5, 5.41) is 10.5. The molecular formula is C19H27N7O. The number of aromatic nitrogens is 4. The zero-order chi connectivity index (χ0) is 18.5. The summed E-state index contributed by atoms with van der Waals surface area (Å²) in [6.07, 6.45) is 12.5. The van der Waals surface area contributed by atoms with Crippen molar-refractivity contribution in [2.45, 2.75) is 38.1 Å². The molecule has 2 aliphatic rings. The maximum absolute atomic E-state index is 12.5. The van der Waals surface area contributed by atoms with E-state index in [1.54, 1.807) is 12.4 Å². The maximum Gasteiger partial charge on any atom is 0.274 e. The van der Waals surface area contributed by atoms with Crippen LogP contribution in [0, 0.1) is 0 Å². The summed E-state index contributed by atoms with van der Waals surface area (Å²) < 4.78 is 0. The molecule has 2 aliphatic heterocycles. The number of hydrogen-bond acceptors (Lipinski definition) is 6. The van der Waals surface area contributed by atoms with Gasteiger partial charge < -0.3 is 15.1 Å². The van der Waals surface area contributed by atoms with E-state index >= 15 is 0 Å². The number of nitrogens with zero attached hydrogens (tertiary/aromatic N) is 5. The number of amides is 1. The van der Waals surface area contributed by atoms with Crippen molar-refractivity contribution in [3.63, 3.8) is 0 Å². The Balaban J connectivity index is 1.27. The molecule has 0 aromatic carbocycles. The number of likely N-dealkylation sites (tertiary alicyclic amines) is 1. The molecule has 144 valence electrons. The Bertz CT molecular complexity index is 734. The molecule has 0 unspecified atom stereocenters. The van der Waals surface area contributed by atoms with Gasteiger partial charge in [-0.25, -0.2) is 4.98 Å². The van der Waals surface area contributed by atoms with Gasteiger partial charge in [0.15, 0.2) is 0 Å². The molecule has 8 heteroatoms. The number of rotatable bonds is 6. The van der Waals surface area contributed by atoms with Crippen LogP contribution in [0.25, 0.3) is 0 Å². The number of nitrogens with one attached hydrogen (secondary N) is 2. The minimum Gasteiger partial charge on any atom is -0.355 e. The lowest BCUT2D eigenvalue weighted by Crippen LogP contribution is -2.43. The fourth-order valence-corrected chi connectivity index (χ4v) is 3.84. The molecule has 1 amide bonds. The molecule has 4 heterocycles. The van der Waals surface area contributed by atoms with Crippen molar-refractivity contribution in [1.82, 2.24) is 30.4 Å². The minimum absolute atomic E-state index is 0.0117. The van der Waals surface area contributed by atoms with E-state index in [1.165, 1.54) is 5.56 Å². The molecule has 2 aromatic rings. The molecule has 2 fully saturated rings. The summed E-state index contributed by atoms with van der Waals surface area (Å²) in [7, 11) is 0. The van der Waals surface area contributed by atoms with Crippen LogP contribution >= 0.6 is 0 Å². The molecule has 0 saturated carbocycles. The van der Waals surface area contributed by atoms with E-state index in [0.29, 0.717) is 11.7 Å². The van der Waals surface area contributed by atoms with Gasteiger partial charge in [-0.2, -0.15) is 5.10 Å². The standard InChI is InChI=1S/C19H27N7O/c27-19(26-7-1-2-8-26)17-13-20-14-18(24-17)25-9-4-16(5-10-25)21-6-3-15-11-22-23-12-15/h11-14,16,21H,1-10H2,(H,22,23). The first-order chi connectivity index (χ1) is 13.3. The maximum atomic E-state index is 12.5. The quantitative estimate of drug-likeness (QED) is 0.796. The molecule has 0 spiro atoms. The van der Waals surface area contributed by atoms with Gasteiger partial charge in [-0.3, -0.25) is 14.9 Å². The topological polar surface area (TPSA) is 90.0 Å². The third kappa shape index (κ3) is 4.44. The predicted octanol–water partition coefficient (Wildman–Crippen LogP) is 1.24. The first-order valence-electron chi connectivity index (χ1n) is 9.87. The SMILES string of the molecule is O=C(c1cncc(N2CCC(NCCc3cn[nH]c3)CC2)n1)N1CCCC1. The van der Waals surface area contributed by atoms with Crippen LogP contribution in [0.4, 0.5) is 5.82 Å². The molecule has 4 rings (SSSR count). The van der Waals surface area contributed by atoms with E-state index in [1.807, 2.05) is 17.3 Å². The van der Waals surface area contributed by atoms with Crippen LogP contribution in [-0.4, -0.2) is 69.7 Å². The largest absolute Gasteiger partial charge is 0.355 e. The van der Waals surface area contributed by atoms with Gasteiger partial charge in [-0.1, -0.05) is 0 Å². The molecule has 2 saturated heterocycles. The van der Waals surface area contributed by atoms with Gasteiger partial charge >= 0.3 is 0 Å². The Morgan fingerprint density at radius 2 is 1.96 bits per heavy atom. The van der Waals surface area contributed by atoms with E-state index in [2.05, 4.69) is 30.4 Å². The van der Waals surface area contributed by atoms with Gasteiger partial charge in [-0.05, 0) is 44.2 Å². The van der Waals surface area contributed by atoms with Crippen molar-refractivity contribution >= 4 is 11.7 Å². The number of H-pyrrole nitrogens is 1. The molecule has 27 heavy (non-hydrogen) atoms. The van der Waals surface area contributed by atoms with Crippen LogP contribution < -0.4 is 10.2 Å². The number of carbonyl (C=O) groups is 1. The highest BCUT2D eigenvalue weighted by Crippen LogP contribution is 2.19. The van der Waals surface area contributed by atoms with Crippen LogP contribution in [0.2, 0.25) is 0 Å². The second-order valence-corrected chi connectivity index (χ2v) is 7.33. The summed E-state index contributed by atoms with van der Waals surface area (Å²) in [5.74, 6) is 0.828. The second-order valence-electron chi connectivity index (χ2n) is 7.33. The monoisotopic (exact) mass is 369 g/mol. The van der Waals surface area contributed by atoms with Crippen molar-refractivity contribution in [3.8, 4) is 0 Å². The highest BCUT2D eigenvalue weighted by Gasteiger charge is 2.23. The summed E-state index contributed by atoms with van der Waals surface area (Å²) >= 11 is 0. The number of piperidine rings is 1. The highest BCUT2D eigenvalue weighted by atomic mass is 16.2. The number of hydrogen-bond donors (Lipinski definition) is 2. The van der Waals surface area contributed by atoms with Crippen molar-refractivity contribution in [2.24, 2.45) is 0 Å². The lowest BCUT2D eigenvalue weighted by atomic mass is 10.0. The van der Waals surface area contributed by atoms with E-state index < -0.39 is 0 Å². The van der Waals surface area contributed by atoms with Crippen LogP contribution in [-0.2, 0) is 6.42 Å². The van der Waals surface area contributed by atoms with Gasteiger partial charge in [0.05, 0.1) is 18.6 Å². The molecule has 0 bridgehead atoms. The Morgan fingerprint density at radius 3 is 2.70 bits per heavy atom. The summed E-state index contributed by atoms with van der Waals surface area (Å²) in [4.78, 5) is 25.5. The fraction of sp³-hybridized carbons (Fsp3) is 0.579. The molecule has 2 aromatic heterocycles. The van der Waals surface area contributed by atoms with Crippen molar-refractivity contribution in [2.75, 3.05) is 37.6 Å². The van der Waals surface area contributed by atoms with Crippen molar-refractivity contribution < 1.29 is 4.79 Å². The van der Waals surface area contributed by atoms with Gasteiger partial charge in [0.25, 0.3) is 5.91 Å².